The molecule has 5 aliphatic rings. The maximum Gasteiger partial charge on any atom is 0.223 e. The smallest absolute Gasteiger partial charge is 0.223 e. The highest BCUT2D eigenvalue weighted by Gasteiger charge is 2.48. The van der Waals surface area contributed by atoms with Crippen LogP contribution in [0.25, 0.3) is 0 Å². The summed E-state index contributed by atoms with van der Waals surface area (Å²) in [7, 11) is 0. The summed E-state index contributed by atoms with van der Waals surface area (Å²) in [6.07, 6.45) is 11.2. The summed E-state index contributed by atoms with van der Waals surface area (Å²) in [5.41, 5.74) is 6.03. The molecule has 2 unspecified atom stereocenters. The van der Waals surface area contributed by atoms with Gasteiger partial charge in [0.1, 0.15) is 0 Å². The Bertz CT molecular complexity index is 366. The van der Waals surface area contributed by atoms with Crippen molar-refractivity contribution in [2.75, 3.05) is 0 Å². The van der Waals surface area contributed by atoms with Crippen LogP contribution in [0.5, 0.6) is 0 Å². The van der Waals surface area contributed by atoms with Gasteiger partial charge in [0.25, 0.3) is 0 Å². The third-order valence-corrected chi connectivity index (χ3v) is 6.62. The summed E-state index contributed by atoms with van der Waals surface area (Å²) in [4.78, 5) is 12.6. The van der Waals surface area contributed by atoms with Crippen molar-refractivity contribution in [1.29, 1.82) is 0 Å². The Morgan fingerprint density at radius 2 is 1.55 bits per heavy atom. The van der Waals surface area contributed by atoms with Crippen molar-refractivity contribution in [2.45, 2.75) is 69.9 Å². The number of rotatable bonds is 2. The van der Waals surface area contributed by atoms with E-state index in [-0.39, 0.29) is 12.0 Å². The Balaban J connectivity index is 1.40. The maximum absolute atomic E-state index is 12.6. The van der Waals surface area contributed by atoms with Crippen molar-refractivity contribution in [2.24, 2.45) is 35.3 Å². The molecule has 0 aromatic carbocycles. The van der Waals surface area contributed by atoms with Crippen molar-refractivity contribution in [3.05, 3.63) is 0 Å². The molecular weight excluding hydrogens is 248 g/mol. The standard InChI is InChI=1S/C17H28N2O/c18-15-3-1-2-12(9-15)17(20)19-16-13-5-10-4-11(7-13)8-14(16)6-10/h10-16H,1-9,18H2,(H,19,20). The molecule has 5 fully saturated rings. The zero-order valence-electron chi connectivity index (χ0n) is 12.4. The van der Waals surface area contributed by atoms with Crippen LogP contribution in [-0.4, -0.2) is 18.0 Å². The third kappa shape index (κ3) is 2.28. The first-order valence-corrected chi connectivity index (χ1v) is 8.75. The average Bonchev–Trinajstić information content (AvgIpc) is 2.42. The molecule has 0 heterocycles. The second kappa shape index (κ2) is 5.01. The van der Waals surface area contributed by atoms with Gasteiger partial charge in [-0.2, -0.15) is 0 Å². The van der Waals surface area contributed by atoms with Crippen molar-refractivity contribution < 1.29 is 4.79 Å². The molecular formula is C17H28N2O. The van der Waals surface area contributed by atoms with Gasteiger partial charge in [-0.15, -0.1) is 0 Å². The van der Waals surface area contributed by atoms with Crippen molar-refractivity contribution in [3.8, 4) is 0 Å². The van der Waals surface area contributed by atoms with E-state index < -0.39 is 0 Å². The Morgan fingerprint density at radius 3 is 2.15 bits per heavy atom. The van der Waals surface area contributed by atoms with Gasteiger partial charge in [0, 0.05) is 18.0 Å². The number of amides is 1. The molecule has 0 aliphatic heterocycles. The maximum atomic E-state index is 12.6. The van der Waals surface area contributed by atoms with E-state index >= 15 is 0 Å². The SMILES string of the molecule is NC1CCCC(C(=O)NC2C3CC4CC(C3)CC2C4)C1. The van der Waals surface area contributed by atoms with E-state index in [2.05, 4.69) is 5.32 Å². The van der Waals surface area contributed by atoms with Gasteiger partial charge >= 0.3 is 0 Å². The normalized spacial score (nSPS) is 50.1. The lowest BCUT2D eigenvalue weighted by Crippen LogP contribution is -2.57. The highest BCUT2D eigenvalue weighted by molar-refractivity contribution is 5.79. The average molecular weight is 276 g/mol. The molecule has 1 amide bonds. The van der Waals surface area contributed by atoms with Crippen molar-refractivity contribution >= 4 is 5.91 Å². The molecule has 20 heavy (non-hydrogen) atoms. The minimum atomic E-state index is 0.191. The van der Waals surface area contributed by atoms with Crippen LogP contribution in [-0.2, 0) is 4.79 Å². The second-order valence-electron chi connectivity index (χ2n) is 8.09. The monoisotopic (exact) mass is 276 g/mol. The molecule has 3 heteroatoms. The molecule has 4 bridgehead atoms. The van der Waals surface area contributed by atoms with E-state index in [0.717, 1.165) is 49.4 Å². The summed E-state index contributed by atoms with van der Waals surface area (Å²) in [6.45, 7) is 0. The summed E-state index contributed by atoms with van der Waals surface area (Å²) in [5, 5.41) is 3.46. The van der Waals surface area contributed by atoms with E-state index in [4.69, 9.17) is 5.73 Å². The minimum absolute atomic E-state index is 0.191. The Labute approximate surface area is 122 Å². The summed E-state index contributed by atoms with van der Waals surface area (Å²) in [5.74, 6) is 4.04. The highest BCUT2D eigenvalue weighted by atomic mass is 16.2. The molecule has 112 valence electrons. The molecule has 3 nitrogen and oxygen atoms in total. The minimum Gasteiger partial charge on any atom is -0.353 e. The van der Waals surface area contributed by atoms with Crippen molar-refractivity contribution in [1.82, 2.24) is 5.32 Å². The van der Waals surface area contributed by atoms with Gasteiger partial charge < -0.3 is 11.1 Å². The predicted molar refractivity (Wildman–Crippen MR) is 78.9 cm³/mol. The first kappa shape index (κ1) is 13.1. The van der Waals surface area contributed by atoms with Gasteiger partial charge in [0.05, 0.1) is 0 Å². The quantitative estimate of drug-likeness (QED) is 0.814. The number of carbonyl (C=O) groups is 1. The Kier molecular flexibility index (Phi) is 3.29. The Morgan fingerprint density at radius 1 is 0.900 bits per heavy atom. The second-order valence-corrected chi connectivity index (χ2v) is 8.09. The summed E-state index contributed by atoms with van der Waals surface area (Å²) < 4.78 is 0. The molecule has 0 saturated heterocycles. The van der Waals surface area contributed by atoms with Gasteiger partial charge in [-0.05, 0) is 75.0 Å². The van der Waals surface area contributed by atoms with Crippen LogP contribution in [0, 0.1) is 29.6 Å². The number of nitrogens with one attached hydrogen (secondary N) is 1. The molecule has 5 saturated carbocycles. The highest BCUT2D eigenvalue weighted by Crippen LogP contribution is 2.53. The topological polar surface area (TPSA) is 55.1 Å². The first-order chi connectivity index (χ1) is 9.69. The molecule has 3 N–H and O–H groups in total. The van der Waals surface area contributed by atoms with E-state index in [1.807, 2.05) is 0 Å². The van der Waals surface area contributed by atoms with Gasteiger partial charge in [0.2, 0.25) is 5.91 Å². The summed E-state index contributed by atoms with van der Waals surface area (Å²) >= 11 is 0. The third-order valence-electron chi connectivity index (χ3n) is 6.62. The van der Waals surface area contributed by atoms with Gasteiger partial charge in [-0.3, -0.25) is 4.79 Å². The van der Waals surface area contributed by atoms with Crippen LogP contribution in [0.3, 0.4) is 0 Å². The van der Waals surface area contributed by atoms with E-state index in [1.54, 1.807) is 0 Å². The molecule has 2 atom stereocenters. The van der Waals surface area contributed by atoms with Gasteiger partial charge in [-0.25, -0.2) is 0 Å². The van der Waals surface area contributed by atoms with Crippen LogP contribution >= 0.6 is 0 Å². The molecule has 0 spiro atoms. The largest absolute Gasteiger partial charge is 0.353 e. The number of hydrogen-bond acceptors (Lipinski definition) is 2. The van der Waals surface area contributed by atoms with E-state index in [1.165, 1.54) is 32.1 Å². The number of hydrogen-bond donors (Lipinski definition) is 2. The zero-order chi connectivity index (χ0) is 13.7. The number of carbonyl (C=O) groups excluding carboxylic acids is 1. The molecule has 5 aliphatic carbocycles. The fourth-order valence-electron chi connectivity index (χ4n) is 5.91. The van der Waals surface area contributed by atoms with Crippen LogP contribution in [0.1, 0.15) is 57.8 Å². The van der Waals surface area contributed by atoms with Crippen LogP contribution in [0.2, 0.25) is 0 Å². The Hall–Kier alpha value is -0.570. The molecule has 0 aromatic rings. The first-order valence-electron chi connectivity index (χ1n) is 8.75. The molecule has 5 rings (SSSR count). The number of nitrogens with two attached hydrogens (primary N) is 1. The van der Waals surface area contributed by atoms with E-state index in [9.17, 15) is 4.79 Å². The lowest BCUT2D eigenvalue weighted by molar-refractivity contribution is -0.130. The van der Waals surface area contributed by atoms with Crippen molar-refractivity contribution in [3.63, 3.8) is 0 Å². The fourth-order valence-corrected chi connectivity index (χ4v) is 5.91. The predicted octanol–water partition coefficient (Wildman–Crippen LogP) is 2.44. The van der Waals surface area contributed by atoms with Crippen LogP contribution in [0.15, 0.2) is 0 Å². The van der Waals surface area contributed by atoms with Gasteiger partial charge in [-0.1, -0.05) is 6.42 Å². The van der Waals surface area contributed by atoms with Gasteiger partial charge in [0.15, 0.2) is 0 Å². The van der Waals surface area contributed by atoms with Crippen LogP contribution < -0.4 is 11.1 Å². The van der Waals surface area contributed by atoms with E-state index in [0.29, 0.717) is 11.9 Å². The molecule has 0 aromatic heterocycles. The summed E-state index contributed by atoms with van der Waals surface area (Å²) in [6, 6.07) is 0.742. The fraction of sp³-hybridized carbons (Fsp3) is 0.941. The van der Waals surface area contributed by atoms with Crippen LogP contribution in [0.4, 0.5) is 0 Å². The molecule has 0 radical (unpaired) electrons. The lowest BCUT2D eigenvalue weighted by atomic mass is 9.54. The lowest BCUT2D eigenvalue weighted by Gasteiger charge is -2.54. The zero-order valence-corrected chi connectivity index (χ0v) is 12.4.